The number of H-pyrrole nitrogens is 1. The van der Waals surface area contributed by atoms with Gasteiger partial charge in [0.15, 0.2) is 5.78 Å². The molecule has 214 valence electrons. The molecule has 40 heavy (non-hydrogen) atoms. The Labute approximate surface area is 232 Å². The maximum atomic E-state index is 13.6. The summed E-state index contributed by atoms with van der Waals surface area (Å²) in [7, 11) is 1.52. The third-order valence-corrected chi connectivity index (χ3v) is 8.87. The van der Waals surface area contributed by atoms with Gasteiger partial charge in [-0.2, -0.15) is 0 Å². The lowest BCUT2D eigenvalue weighted by Crippen LogP contribution is -2.49. The van der Waals surface area contributed by atoms with E-state index < -0.39 is 11.8 Å². The maximum absolute atomic E-state index is 13.6. The van der Waals surface area contributed by atoms with E-state index in [0.717, 1.165) is 29.4 Å². The molecule has 3 aromatic rings. The molecule has 0 spiro atoms. The Kier molecular flexibility index (Phi) is 7.59. The second-order valence-electron chi connectivity index (χ2n) is 11.5. The molecule has 1 aliphatic heterocycles. The summed E-state index contributed by atoms with van der Waals surface area (Å²) in [6.45, 7) is 7.03. The number of rotatable bonds is 8. The van der Waals surface area contributed by atoms with Gasteiger partial charge >= 0.3 is 0 Å². The number of para-hydroxylation sites is 1. The number of amides is 1. The van der Waals surface area contributed by atoms with E-state index in [4.69, 9.17) is 4.74 Å². The lowest BCUT2D eigenvalue weighted by molar-refractivity contribution is -0.161. The second-order valence-corrected chi connectivity index (χ2v) is 11.5. The van der Waals surface area contributed by atoms with Crippen LogP contribution in [-0.4, -0.2) is 52.3 Å². The van der Waals surface area contributed by atoms with Crippen molar-refractivity contribution in [3.8, 4) is 5.75 Å². The van der Waals surface area contributed by atoms with Crippen LogP contribution >= 0.6 is 0 Å². The van der Waals surface area contributed by atoms with Gasteiger partial charge in [-0.05, 0) is 58.1 Å². The number of ether oxygens (including phenoxy) is 1. The van der Waals surface area contributed by atoms with Crippen LogP contribution in [0.1, 0.15) is 72.4 Å². The zero-order valence-electron chi connectivity index (χ0n) is 23.6. The number of aromatic amines is 1. The van der Waals surface area contributed by atoms with Gasteiger partial charge in [0, 0.05) is 72.2 Å². The fourth-order valence-electron chi connectivity index (χ4n) is 6.64. The number of likely N-dealkylation sites (tertiary alicyclic amines) is 1. The first-order valence-electron chi connectivity index (χ1n) is 14.1. The number of fused-ring (bicyclic) bond motifs is 1. The van der Waals surface area contributed by atoms with Crippen molar-refractivity contribution in [2.45, 2.75) is 71.3 Å². The second kappa shape index (κ2) is 10.8. The number of hydrogen-bond acceptors (Lipinski definition) is 4. The number of pyridine rings is 1. The van der Waals surface area contributed by atoms with Gasteiger partial charge in [-0.1, -0.05) is 18.2 Å². The van der Waals surface area contributed by atoms with E-state index in [0.29, 0.717) is 35.7 Å². The van der Waals surface area contributed by atoms with Crippen molar-refractivity contribution in [3.63, 3.8) is 0 Å². The summed E-state index contributed by atoms with van der Waals surface area (Å²) in [5.41, 5.74) is 3.46. The number of halogens is 2. The van der Waals surface area contributed by atoms with Gasteiger partial charge in [0.1, 0.15) is 5.75 Å². The van der Waals surface area contributed by atoms with Crippen LogP contribution in [0, 0.1) is 25.7 Å². The first-order valence-corrected chi connectivity index (χ1v) is 14.1. The molecule has 0 unspecified atom stereocenters. The summed E-state index contributed by atoms with van der Waals surface area (Å²) in [5.74, 6) is -2.66. The molecule has 2 aromatic heterocycles. The van der Waals surface area contributed by atoms with Gasteiger partial charge in [-0.15, -0.1) is 0 Å². The number of alkyl halides is 2. The van der Waals surface area contributed by atoms with Gasteiger partial charge < -0.3 is 19.2 Å². The van der Waals surface area contributed by atoms with Gasteiger partial charge in [-0.25, -0.2) is 8.78 Å². The average molecular weight is 554 g/mol. The largest absolute Gasteiger partial charge is 0.496 e. The van der Waals surface area contributed by atoms with Crippen LogP contribution < -0.4 is 10.3 Å². The number of aromatic nitrogens is 2. The number of carbonyl (C=O) groups excluding carboxylic acids is 2. The van der Waals surface area contributed by atoms with E-state index in [1.165, 1.54) is 7.11 Å². The monoisotopic (exact) mass is 553 g/mol. The Morgan fingerprint density at radius 3 is 2.48 bits per heavy atom. The van der Waals surface area contributed by atoms with Crippen molar-refractivity contribution in [2.75, 3.05) is 20.2 Å². The van der Waals surface area contributed by atoms with Crippen molar-refractivity contribution < 1.29 is 23.1 Å². The number of methoxy groups -OCH3 is 1. The van der Waals surface area contributed by atoms with Crippen LogP contribution in [0.2, 0.25) is 0 Å². The smallest absolute Gasteiger partial charge is 0.255 e. The number of aryl methyl sites for hydroxylation is 1. The van der Waals surface area contributed by atoms with Crippen molar-refractivity contribution in [1.82, 2.24) is 14.5 Å². The highest BCUT2D eigenvalue weighted by atomic mass is 19.3. The molecule has 0 bridgehead atoms. The van der Waals surface area contributed by atoms with Gasteiger partial charge in [0.25, 0.3) is 5.56 Å². The molecule has 7 nitrogen and oxygen atoms in total. The maximum Gasteiger partial charge on any atom is 0.255 e. The highest BCUT2D eigenvalue weighted by Crippen LogP contribution is 2.44. The Balaban J connectivity index is 1.33. The lowest BCUT2D eigenvalue weighted by Gasteiger charge is -2.41. The molecule has 2 aliphatic rings. The molecule has 1 atom stereocenters. The molecule has 1 aliphatic carbocycles. The van der Waals surface area contributed by atoms with Crippen LogP contribution in [0.4, 0.5) is 8.78 Å². The van der Waals surface area contributed by atoms with Crippen LogP contribution in [0.3, 0.4) is 0 Å². The number of Topliss-reactive ketones (excluding diaryl/α,β-unsaturated/α-hetero) is 1. The highest BCUT2D eigenvalue weighted by Gasteiger charge is 2.50. The fourth-order valence-corrected chi connectivity index (χ4v) is 6.64. The van der Waals surface area contributed by atoms with E-state index in [9.17, 15) is 23.2 Å². The van der Waals surface area contributed by atoms with Crippen molar-refractivity contribution in [2.24, 2.45) is 11.8 Å². The minimum absolute atomic E-state index is 0.0283. The van der Waals surface area contributed by atoms with Crippen molar-refractivity contribution in [1.29, 1.82) is 0 Å². The number of nitrogens with zero attached hydrogens (tertiary/aromatic N) is 2. The molecule has 2 fully saturated rings. The zero-order valence-corrected chi connectivity index (χ0v) is 23.6. The van der Waals surface area contributed by atoms with E-state index in [2.05, 4.69) is 16.5 Å². The molecule has 1 aromatic carbocycles. The molecule has 1 saturated heterocycles. The first-order chi connectivity index (χ1) is 19.0. The predicted octanol–water partition coefficient (Wildman–Crippen LogP) is 5.62. The third kappa shape index (κ3) is 5.18. The van der Waals surface area contributed by atoms with Crippen LogP contribution in [-0.2, 0) is 11.2 Å². The van der Waals surface area contributed by atoms with Gasteiger partial charge in [-0.3, -0.25) is 14.4 Å². The van der Waals surface area contributed by atoms with E-state index >= 15 is 0 Å². The Morgan fingerprint density at radius 1 is 1.15 bits per heavy atom. The average Bonchev–Trinajstić information content (AvgIpc) is 3.21. The van der Waals surface area contributed by atoms with Crippen molar-refractivity contribution >= 4 is 22.6 Å². The van der Waals surface area contributed by atoms with E-state index in [-0.39, 0.29) is 54.9 Å². The highest BCUT2D eigenvalue weighted by molar-refractivity contribution is 6.09. The van der Waals surface area contributed by atoms with E-state index in [1.807, 2.05) is 31.2 Å². The van der Waals surface area contributed by atoms with Gasteiger partial charge in [0.05, 0.1) is 12.7 Å². The molecular weight excluding hydrogens is 516 g/mol. The number of ketones is 1. The van der Waals surface area contributed by atoms with Crippen LogP contribution in [0.15, 0.2) is 35.1 Å². The molecule has 5 rings (SSSR count). The Hall–Kier alpha value is -3.49. The molecule has 1 N–H and O–H groups in total. The fraction of sp³-hybridized carbons (Fsp3) is 0.516. The van der Waals surface area contributed by atoms with Crippen LogP contribution in [0.5, 0.6) is 5.75 Å². The molecule has 9 heteroatoms. The molecule has 1 amide bonds. The quantitative estimate of drug-likeness (QED) is 0.367. The Bertz CT molecular complexity index is 1490. The first kappa shape index (κ1) is 28.1. The van der Waals surface area contributed by atoms with E-state index in [1.54, 1.807) is 17.9 Å². The lowest BCUT2D eigenvalue weighted by atomic mass is 9.79. The molecular formula is C31H37F2N3O4. The topological polar surface area (TPSA) is 84.4 Å². The summed E-state index contributed by atoms with van der Waals surface area (Å²) in [5, 5.41) is 0.889. The molecule has 3 heterocycles. The SMILES string of the molecule is COc1cc(C)[nH]c(=O)c1CCC(=O)c1c(C)n([C@H](C)C2CCN(C(=O)C3CC(F)(F)C3)CC2)c2ccccc12. The minimum atomic E-state index is -2.70. The molecule has 1 saturated carbocycles. The summed E-state index contributed by atoms with van der Waals surface area (Å²) in [6, 6.07) is 9.73. The molecule has 0 radical (unpaired) electrons. The number of nitrogens with one attached hydrogen (secondary N) is 1. The normalized spacial score (nSPS) is 18.5. The summed E-state index contributed by atoms with van der Waals surface area (Å²) >= 11 is 0. The summed E-state index contributed by atoms with van der Waals surface area (Å²) in [4.78, 5) is 43.4. The zero-order chi connectivity index (χ0) is 28.8. The van der Waals surface area contributed by atoms with Gasteiger partial charge in [0.2, 0.25) is 11.8 Å². The number of carbonyl (C=O) groups is 2. The summed E-state index contributed by atoms with van der Waals surface area (Å²) < 4.78 is 34.2. The van der Waals surface area contributed by atoms with Crippen molar-refractivity contribution in [3.05, 3.63) is 63.2 Å². The Morgan fingerprint density at radius 2 is 1.82 bits per heavy atom. The minimum Gasteiger partial charge on any atom is -0.496 e. The number of hydrogen-bond donors (Lipinski definition) is 1. The standard InChI is InChI=1S/C31H37F2N3O4/c1-18-15-27(40-4)24(29(38)34-18)9-10-26(37)28-20(3)36(25-8-6-5-7-23(25)28)19(2)21-11-13-35(14-12-21)30(39)22-16-31(32,33)17-22/h5-8,15,19,21-22H,9-14,16-17H2,1-4H3,(H,34,38)/t19-/m1/s1. The summed E-state index contributed by atoms with van der Waals surface area (Å²) in [6.07, 6.45) is 1.33. The number of benzene rings is 1. The van der Waals surface area contributed by atoms with Crippen LogP contribution in [0.25, 0.3) is 10.9 Å². The third-order valence-electron chi connectivity index (χ3n) is 8.87. The number of piperidine rings is 1. The predicted molar refractivity (Wildman–Crippen MR) is 149 cm³/mol.